The third-order valence-electron chi connectivity index (χ3n) is 5.75. The number of anilines is 1. The summed E-state index contributed by atoms with van der Waals surface area (Å²) in [4.78, 5) is 9.56. The maximum absolute atomic E-state index is 9.78. The van der Waals surface area contributed by atoms with Gasteiger partial charge in [0.15, 0.2) is 11.0 Å². The van der Waals surface area contributed by atoms with E-state index in [4.69, 9.17) is 9.72 Å². The number of fused-ring (bicyclic) bond motifs is 1. The highest BCUT2D eigenvalue weighted by Crippen LogP contribution is 2.32. The fourth-order valence-corrected chi connectivity index (χ4v) is 5.11. The van der Waals surface area contributed by atoms with Crippen molar-refractivity contribution < 1.29 is 9.84 Å². The zero-order valence-electron chi connectivity index (χ0n) is 17.8. The molecule has 0 saturated carbocycles. The Hall–Kier alpha value is -3.08. The van der Waals surface area contributed by atoms with Crippen molar-refractivity contribution in [2.24, 2.45) is 0 Å². The first-order chi connectivity index (χ1) is 15.7. The zero-order chi connectivity index (χ0) is 21.9. The molecule has 0 radical (unpaired) electrons. The van der Waals surface area contributed by atoms with Gasteiger partial charge in [-0.1, -0.05) is 35.6 Å². The Balaban J connectivity index is 1.39. The largest absolute Gasteiger partial charge is 0.508 e. The molecule has 1 N–H and O–H groups in total. The molecule has 0 bridgehead atoms. The van der Waals surface area contributed by atoms with Crippen molar-refractivity contribution in [3.63, 3.8) is 0 Å². The van der Waals surface area contributed by atoms with Crippen LogP contribution in [-0.2, 0) is 11.3 Å². The number of hydrogen-bond acceptors (Lipinski definition) is 9. The van der Waals surface area contributed by atoms with Crippen LogP contribution in [0.1, 0.15) is 17.4 Å². The van der Waals surface area contributed by atoms with E-state index in [1.165, 1.54) is 4.70 Å². The number of phenolic OH excluding ortho intramolecular Hbond substituents is 1. The topological polar surface area (TPSA) is 92.4 Å². The monoisotopic (exact) mass is 451 g/mol. The molecule has 0 spiro atoms. The van der Waals surface area contributed by atoms with Gasteiger partial charge in [0.25, 0.3) is 0 Å². The molecule has 10 heteroatoms. The van der Waals surface area contributed by atoms with Crippen LogP contribution >= 0.6 is 11.3 Å². The number of para-hydroxylation sites is 1. The van der Waals surface area contributed by atoms with Crippen LogP contribution in [0.5, 0.6) is 5.75 Å². The van der Waals surface area contributed by atoms with Gasteiger partial charge in [-0.15, -0.1) is 5.10 Å². The Morgan fingerprint density at radius 3 is 2.59 bits per heavy atom. The van der Waals surface area contributed by atoms with Gasteiger partial charge in [0.2, 0.25) is 0 Å². The lowest BCUT2D eigenvalue weighted by Crippen LogP contribution is -2.48. The normalized spacial score (nSPS) is 16.0. The molecule has 0 amide bonds. The number of tetrazole rings is 1. The average Bonchev–Trinajstić information content (AvgIpc) is 3.47. The van der Waals surface area contributed by atoms with Gasteiger partial charge >= 0.3 is 0 Å². The summed E-state index contributed by atoms with van der Waals surface area (Å²) in [5, 5.41) is 23.3. The van der Waals surface area contributed by atoms with E-state index in [-0.39, 0.29) is 11.8 Å². The third kappa shape index (κ3) is 4.16. The predicted molar refractivity (Wildman–Crippen MR) is 123 cm³/mol. The molecular formula is C22H25N7O2S. The molecule has 3 heterocycles. The van der Waals surface area contributed by atoms with Gasteiger partial charge in [0.1, 0.15) is 5.75 Å². The summed E-state index contributed by atoms with van der Waals surface area (Å²) in [7, 11) is 1.67. The first-order valence-electron chi connectivity index (χ1n) is 10.6. The fourth-order valence-electron chi connectivity index (χ4n) is 4.09. The molecule has 5 rings (SSSR count). The Bertz CT molecular complexity index is 1140. The van der Waals surface area contributed by atoms with Crippen LogP contribution in [0.3, 0.4) is 0 Å². The number of aromatic hydroxyl groups is 1. The maximum Gasteiger partial charge on any atom is 0.186 e. The second-order valence-corrected chi connectivity index (χ2v) is 8.74. The van der Waals surface area contributed by atoms with Crippen LogP contribution in [0.25, 0.3) is 10.2 Å². The molecule has 166 valence electrons. The number of rotatable bonds is 7. The lowest BCUT2D eigenvalue weighted by Gasteiger charge is -2.38. The van der Waals surface area contributed by atoms with Crippen LogP contribution in [-0.4, -0.2) is 75.1 Å². The van der Waals surface area contributed by atoms with Crippen molar-refractivity contribution in [1.82, 2.24) is 30.1 Å². The van der Waals surface area contributed by atoms with Crippen LogP contribution in [0.2, 0.25) is 0 Å². The summed E-state index contributed by atoms with van der Waals surface area (Å²) >= 11 is 1.74. The van der Waals surface area contributed by atoms with Gasteiger partial charge in [-0.2, -0.15) is 0 Å². The minimum Gasteiger partial charge on any atom is -0.508 e. The summed E-state index contributed by atoms with van der Waals surface area (Å²) in [6.07, 6.45) is 0. The number of hydrogen-bond donors (Lipinski definition) is 1. The number of aromatic nitrogens is 5. The number of phenols is 1. The first-order valence-corrected chi connectivity index (χ1v) is 11.4. The smallest absolute Gasteiger partial charge is 0.186 e. The number of piperazine rings is 1. The van der Waals surface area contributed by atoms with Crippen LogP contribution in [0.4, 0.5) is 5.13 Å². The minimum atomic E-state index is -0.111. The van der Waals surface area contributed by atoms with Gasteiger partial charge < -0.3 is 14.7 Å². The highest BCUT2D eigenvalue weighted by atomic mass is 32.1. The summed E-state index contributed by atoms with van der Waals surface area (Å²) in [5.74, 6) is 1.02. The quantitative estimate of drug-likeness (QED) is 0.458. The van der Waals surface area contributed by atoms with Gasteiger partial charge in [0, 0.05) is 33.3 Å². The second kappa shape index (κ2) is 9.19. The van der Waals surface area contributed by atoms with E-state index in [1.54, 1.807) is 35.3 Å². The Kier molecular flexibility index (Phi) is 5.97. The molecule has 32 heavy (non-hydrogen) atoms. The lowest BCUT2D eigenvalue weighted by molar-refractivity contribution is 0.171. The Labute approximate surface area is 189 Å². The van der Waals surface area contributed by atoms with Gasteiger partial charge in [-0.3, -0.25) is 4.90 Å². The van der Waals surface area contributed by atoms with Crippen LogP contribution in [0, 0.1) is 0 Å². The Morgan fingerprint density at radius 1 is 1.06 bits per heavy atom. The molecule has 0 aliphatic carbocycles. The maximum atomic E-state index is 9.78. The van der Waals surface area contributed by atoms with Crippen molar-refractivity contribution in [2.75, 3.05) is 44.8 Å². The van der Waals surface area contributed by atoms with Gasteiger partial charge in [0.05, 0.1) is 29.4 Å². The van der Waals surface area contributed by atoms with E-state index in [0.29, 0.717) is 13.2 Å². The number of nitrogens with zero attached hydrogens (tertiary/aromatic N) is 7. The van der Waals surface area contributed by atoms with E-state index in [1.807, 2.05) is 18.2 Å². The third-order valence-corrected chi connectivity index (χ3v) is 6.85. The number of ether oxygens (including phenoxy) is 1. The van der Waals surface area contributed by atoms with Crippen LogP contribution in [0.15, 0.2) is 48.5 Å². The minimum absolute atomic E-state index is 0.111. The fraction of sp³-hybridized carbons (Fsp3) is 0.364. The zero-order valence-corrected chi connectivity index (χ0v) is 18.6. The number of benzene rings is 2. The molecule has 2 aromatic carbocycles. The second-order valence-electron chi connectivity index (χ2n) is 7.73. The van der Waals surface area contributed by atoms with E-state index in [9.17, 15) is 5.11 Å². The molecule has 0 unspecified atom stereocenters. The molecule has 1 aliphatic heterocycles. The molecular weight excluding hydrogens is 426 g/mol. The van der Waals surface area contributed by atoms with E-state index >= 15 is 0 Å². The van der Waals surface area contributed by atoms with E-state index in [0.717, 1.165) is 48.2 Å². The molecule has 4 aromatic rings. The van der Waals surface area contributed by atoms with Crippen molar-refractivity contribution in [1.29, 1.82) is 0 Å². The van der Waals surface area contributed by atoms with E-state index < -0.39 is 0 Å². The van der Waals surface area contributed by atoms with Crippen LogP contribution < -0.4 is 4.90 Å². The molecule has 2 aromatic heterocycles. The lowest BCUT2D eigenvalue weighted by atomic mass is 10.0. The average molecular weight is 452 g/mol. The molecule has 1 atom stereocenters. The van der Waals surface area contributed by atoms with E-state index in [2.05, 4.69) is 43.5 Å². The van der Waals surface area contributed by atoms with Gasteiger partial charge in [-0.25, -0.2) is 9.67 Å². The summed E-state index contributed by atoms with van der Waals surface area (Å²) in [6, 6.07) is 15.5. The number of methoxy groups -OCH3 is 1. The molecule has 1 saturated heterocycles. The van der Waals surface area contributed by atoms with Crippen molar-refractivity contribution >= 4 is 26.7 Å². The van der Waals surface area contributed by atoms with Crippen molar-refractivity contribution in [2.45, 2.75) is 12.6 Å². The summed E-state index contributed by atoms with van der Waals surface area (Å²) in [6.45, 7) is 4.55. The first kappa shape index (κ1) is 20.8. The number of thiazole rings is 1. The highest BCUT2D eigenvalue weighted by molar-refractivity contribution is 7.22. The highest BCUT2D eigenvalue weighted by Gasteiger charge is 2.31. The molecule has 1 fully saturated rings. The standard InChI is InChI=1S/C22H25N7O2S/c1-31-15-14-29-21(24-25-26-29)20(16-6-8-17(30)9-7-16)27-10-12-28(13-11-27)22-23-18-4-2-3-5-19(18)32-22/h2-9,20,30H,10-15H2,1H3/t20-/m1/s1. The van der Waals surface area contributed by atoms with Gasteiger partial charge in [-0.05, 0) is 40.3 Å². The predicted octanol–water partition coefficient (Wildman–Crippen LogP) is 2.55. The summed E-state index contributed by atoms with van der Waals surface area (Å²) < 4.78 is 8.25. The molecule has 1 aliphatic rings. The SMILES string of the molecule is COCCn1nnnc1[C@@H](c1ccc(O)cc1)N1CCN(c2nc3ccccc3s2)CC1. The Morgan fingerprint density at radius 2 is 1.84 bits per heavy atom. The molecule has 9 nitrogen and oxygen atoms in total. The van der Waals surface area contributed by atoms with Crippen molar-refractivity contribution in [3.05, 3.63) is 59.9 Å². The van der Waals surface area contributed by atoms with Crippen molar-refractivity contribution in [3.8, 4) is 5.75 Å². The summed E-state index contributed by atoms with van der Waals surface area (Å²) in [5.41, 5.74) is 2.10.